The first kappa shape index (κ1) is 13.4. The van der Waals surface area contributed by atoms with E-state index in [-0.39, 0.29) is 5.41 Å². The highest BCUT2D eigenvalue weighted by Crippen LogP contribution is 2.42. The standard InChI is InChI=1S/C15H23NO2/c1-11(2)14(8-16)15(9-18-10-15)12-4-6-13(17-3)7-5-12/h4-7,11,14H,8-10,16H2,1-3H3. The van der Waals surface area contributed by atoms with E-state index in [4.69, 9.17) is 15.2 Å². The number of ether oxygens (including phenoxy) is 2. The smallest absolute Gasteiger partial charge is 0.118 e. The van der Waals surface area contributed by atoms with Crippen LogP contribution in [-0.2, 0) is 10.2 Å². The average molecular weight is 249 g/mol. The molecule has 0 radical (unpaired) electrons. The van der Waals surface area contributed by atoms with E-state index >= 15 is 0 Å². The molecule has 0 bridgehead atoms. The maximum Gasteiger partial charge on any atom is 0.118 e. The number of hydrogen-bond donors (Lipinski definition) is 1. The van der Waals surface area contributed by atoms with E-state index < -0.39 is 0 Å². The lowest BCUT2D eigenvalue weighted by molar-refractivity contribution is -0.0982. The Bertz CT molecular complexity index is 382. The van der Waals surface area contributed by atoms with Crippen LogP contribution in [-0.4, -0.2) is 26.9 Å². The Labute approximate surface area is 109 Å². The summed E-state index contributed by atoms with van der Waals surface area (Å²) in [6, 6.07) is 8.32. The summed E-state index contributed by atoms with van der Waals surface area (Å²) in [6.07, 6.45) is 0. The van der Waals surface area contributed by atoms with Crippen molar-refractivity contribution in [3.05, 3.63) is 29.8 Å². The predicted octanol–water partition coefficient (Wildman–Crippen LogP) is 2.19. The van der Waals surface area contributed by atoms with E-state index in [0.717, 1.165) is 19.0 Å². The van der Waals surface area contributed by atoms with Crippen molar-refractivity contribution in [1.29, 1.82) is 0 Å². The molecule has 0 spiro atoms. The minimum absolute atomic E-state index is 0.0924. The van der Waals surface area contributed by atoms with E-state index in [1.54, 1.807) is 7.11 Å². The van der Waals surface area contributed by atoms with E-state index in [9.17, 15) is 0 Å². The second-order valence-electron chi connectivity index (χ2n) is 5.46. The van der Waals surface area contributed by atoms with E-state index in [0.29, 0.717) is 18.4 Å². The zero-order valence-corrected chi connectivity index (χ0v) is 11.5. The Morgan fingerprint density at radius 1 is 1.28 bits per heavy atom. The topological polar surface area (TPSA) is 44.5 Å². The number of nitrogens with two attached hydrogens (primary N) is 1. The summed E-state index contributed by atoms with van der Waals surface area (Å²) in [7, 11) is 1.69. The number of hydrogen-bond acceptors (Lipinski definition) is 3. The highest BCUT2D eigenvalue weighted by Gasteiger charge is 2.47. The number of methoxy groups -OCH3 is 1. The van der Waals surface area contributed by atoms with Crippen LogP contribution in [0.1, 0.15) is 19.4 Å². The number of rotatable bonds is 5. The van der Waals surface area contributed by atoms with Gasteiger partial charge in [-0.15, -0.1) is 0 Å². The molecule has 3 nitrogen and oxygen atoms in total. The number of benzene rings is 1. The Hall–Kier alpha value is -1.06. The van der Waals surface area contributed by atoms with Crippen LogP contribution in [0.4, 0.5) is 0 Å². The summed E-state index contributed by atoms with van der Waals surface area (Å²) in [5, 5.41) is 0. The van der Waals surface area contributed by atoms with E-state index in [2.05, 4.69) is 26.0 Å². The van der Waals surface area contributed by atoms with Crippen molar-refractivity contribution >= 4 is 0 Å². The van der Waals surface area contributed by atoms with Gasteiger partial charge in [0.2, 0.25) is 0 Å². The quantitative estimate of drug-likeness (QED) is 0.870. The van der Waals surface area contributed by atoms with Crippen molar-refractivity contribution in [3.63, 3.8) is 0 Å². The molecule has 0 amide bonds. The summed E-state index contributed by atoms with van der Waals surface area (Å²) in [5.41, 5.74) is 7.39. The van der Waals surface area contributed by atoms with E-state index in [1.807, 2.05) is 12.1 Å². The van der Waals surface area contributed by atoms with Crippen molar-refractivity contribution in [3.8, 4) is 5.75 Å². The maximum atomic E-state index is 5.98. The first-order chi connectivity index (χ1) is 8.64. The van der Waals surface area contributed by atoms with Crippen molar-refractivity contribution in [2.24, 2.45) is 17.6 Å². The Morgan fingerprint density at radius 2 is 1.89 bits per heavy atom. The van der Waals surface area contributed by atoms with Gasteiger partial charge in [0, 0.05) is 5.41 Å². The SMILES string of the molecule is COc1ccc(C2(C(CN)C(C)C)COC2)cc1. The van der Waals surface area contributed by atoms with Crippen LogP contribution in [0.3, 0.4) is 0 Å². The molecule has 1 heterocycles. The fourth-order valence-corrected chi connectivity index (χ4v) is 2.98. The van der Waals surface area contributed by atoms with Gasteiger partial charge in [0.05, 0.1) is 20.3 Å². The van der Waals surface area contributed by atoms with Crippen molar-refractivity contribution in [2.75, 3.05) is 26.9 Å². The highest BCUT2D eigenvalue weighted by molar-refractivity contribution is 5.35. The normalized spacial score (nSPS) is 19.4. The Morgan fingerprint density at radius 3 is 2.22 bits per heavy atom. The van der Waals surface area contributed by atoms with Gasteiger partial charge in [-0.05, 0) is 36.1 Å². The maximum absolute atomic E-state index is 5.98. The third-order valence-electron chi connectivity index (χ3n) is 4.15. The third kappa shape index (κ3) is 2.13. The van der Waals surface area contributed by atoms with Crippen LogP contribution in [0.5, 0.6) is 5.75 Å². The molecule has 1 aromatic rings. The third-order valence-corrected chi connectivity index (χ3v) is 4.15. The molecule has 0 aromatic heterocycles. The van der Waals surface area contributed by atoms with Gasteiger partial charge in [-0.1, -0.05) is 26.0 Å². The first-order valence-electron chi connectivity index (χ1n) is 6.56. The van der Waals surface area contributed by atoms with Gasteiger partial charge in [-0.25, -0.2) is 0 Å². The molecule has 1 atom stereocenters. The zero-order chi connectivity index (χ0) is 13.2. The molecule has 1 saturated heterocycles. The van der Waals surface area contributed by atoms with Crippen LogP contribution in [0, 0.1) is 11.8 Å². The molecule has 3 heteroatoms. The first-order valence-corrected chi connectivity index (χ1v) is 6.56. The predicted molar refractivity (Wildman–Crippen MR) is 72.9 cm³/mol. The average Bonchev–Trinajstić information content (AvgIpc) is 2.33. The van der Waals surface area contributed by atoms with Gasteiger partial charge in [0.15, 0.2) is 0 Å². The van der Waals surface area contributed by atoms with Gasteiger partial charge >= 0.3 is 0 Å². The summed E-state index contributed by atoms with van der Waals surface area (Å²) >= 11 is 0. The molecule has 18 heavy (non-hydrogen) atoms. The van der Waals surface area contributed by atoms with Crippen LogP contribution in [0.2, 0.25) is 0 Å². The lowest BCUT2D eigenvalue weighted by Crippen LogP contribution is -2.56. The second-order valence-corrected chi connectivity index (χ2v) is 5.46. The molecular formula is C15H23NO2. The molecular weight excluding hydrogens is 226 g/mol. The van der Waals surface area contributed by atoms with Crippen molar-refractivity contribution in [1.82, 2.24) is 0 Å². The lowest BCUT2D eigenvalue weighted by Gasteiger charge is -2.49. The van der Waals surface area contributed by atoms with E-state index in [1.165, 1.54) is 5.56 Å². The molecule has 0 aliphatic carbocycles. The lowest BCUT2D eigenvalue weighted by atomic mass is 9.64. The van der Waals surface area contributed by atoms with Gasteiger partial charge in [-0.2, -0.15) is 0 Å². The van der Waals surface area contributed by atoms with Gasteiger partial charge in [0.1, 0.15) is 5.75 Å². The molecule has 1 fully saturated rings. The van der Waals surface area contributed by atoms with Crippen LogP contribution >= 0.6 is 0 Å². The van der Waals surface area contributed by atoms with Crippen LogP contribution in [0.15, 0.2) is 24.3 Å². The molecule has 2 N–H and O–H groups in total. The summed E-state index contributed by atoms with van der Waals surface area (Å²) < 4.78 is 10.7. The van der Waals surface area contributed by atoms with Crippen LogP contribution < -0.4 is 10.5 Å². The second kappa shape index (κ2) is 5.29. The molecule has 1 aliphatic rings. The van der Waals surface area contributed by atoms with Gasteiger partial charge < -0.3 is 15.2 Å². The van der Waals surface area contributed by atoms with Crippen LogP contribution in [0.25, 0.3) is 0 Å². The van der Waals surface area contributed by atoms with Crippen molar-refractivity contribution in [2.45, 2.75) is 19.3 Å². The van der Waals surface area contributed by atoms with Gasteiger partial charge in [-0.3, -0.25) is 0 Å². The molecule has 2 rings (SSSR count). The minimum atomic E-state index is 0.0924. The zero-order valence-electron chi connectivity index (χ0n) is 11.5. The summed E-state index contributed by atoms with van der Waals surface area (Å²) in [6.45, 7) is 6.73. The largest absolute Gasteiger partial charge is 0.497 e. The minimum Gasteiger partial charge on any atom is -0.497 e. The molecule has 1 aliphatic heterocycles. The molecule has 1 unspecified atom stereocenters. The fourth-order valence-electron chi connectivity index (χ4n) is 2.98. The highest BCUT2D eigenvalue weighted by atomic mass is 16.5. The molecule has 1 aromatic carbocycles. The van der Waals surface area contributed by atoms with Gasteiger partial charge in [0.25, 0.3) is 0 Å². The fraction of sp³-hybridized carbons (Fsp3) is 0.600. The Kier molecular flexibility index (Phi) is 3.93. The summed E-state index contributed by atoms with van der Waals surface area (Å²) in [5.74, 6) is 1.91. The Balaban J connectivity index is 2.30. The molecule has 0 saturated carbocycles. The van der Waals surface area contributed by atoms with Crippen molar-refractivity contribution < 1.29 is 9.47 Å². The summed E-state index contributed by atoms with van der Waals surface area (Å²) in [4.78, 5) is 0. The molecule has 100 valence electrons. The monoisotopic (exact) mass is 249 g/mol.